The molecule has 1 aliphatic rings. The van der Waals surface area contributed by atoms with E-state index in [0.29, 0.717) is 0 Å². The molecule has 0 fully saturated rings. The average Bonchev–Trinajstić information content (AvgIpc) is 2.35. The molecule has 0 amide bonds. The number of rotatable bonds is 6. The summed E-state index contributed by atoms with van der Waals surface area (Å²) >= 11 is 0. The van der Waals surface area contributed by atoms with Gasteiger partial charge in [0.05, 0.1) is 0 Å². The minimum Gasteiger partial charge on any atom is -0.508 e. The van der Waals surface area contributed by atoms with E-state index in [1.165, 1.54) is 23.8 Å². The first-order chi connectivity index (χ1) is 9.74. The number of carbonyl (C=O) groups is 1. The number of hydrogen-bond acceptors (Lipinski definition) is 3. The Balaban J connectivity index is 2.76. The number of carboxylic acids is 1. The highest BCUT2D eigenvalue weighted by Gasteiger charge is 2.39. The Bertz CT molecular complexity index is 507. The van der Waals surface area contributed by atoms with Crippen molar-refractivity contribution in [2.75, 3.05) is 0 Å². The van der Waals surface area contributed by atoms with Crippen molar-refractivity contribution in [2.45, 2.75) is 45.6 Å². The van der Waals surface area contributed by atoms with E-state index in [1.807, 2.05) is 26.8 Å². The van der Waals surface area contributed by atoms with E-state index < -0.39 is 17.5 Å². The van der Waals surface area contributed by atoms with Crippen molar-refractivity contribution in [3.63, 3.8) is 0 Å². The van der Waals surface area contributed by atoms with Crippen molar-refractivity contribution < 1.29 is 20.1 Å². The fraction of sp³-hybridized carbons (Fsp3) is 0.471. The number of carboxylic acid groups (broad SMARTS) is 1. The number of aliphatic hydroxyl groups excluding tert-OH is 1. The van der Waals surface area contributed by atoms with Crippen molar-refractivity contribution in [3.8, 4) is 0 Å². The number of hydrogen-bond donors (Lipinski definition) is 3. The SMILES string of the molecule is CC(C)=CCC/C(C)=C/CC1(O)C=C(O)C=CC1C(=O)O. The predicted molar refractivity (Wildman–Crippen MR) is 83.0 cm³/mol. The third-order valence-electron chi connectivity index (χ3n) is 3.53. The lowest BCUT2D eigenvalue weighted by molar-refractivity contribution is -0.146. The van der Waals surface area contributed by atoms with Gasteiger partial charge in [0.15, 0.2) is 0 Å². The molecule has 21 heavy (non-hydrogen) atoms. The van der Waals surface area contributed by atoms with E-state index in [2.05, 4.69) is 6.08 Å². The van der Waals surface area contributed by atoms with Crippen LogP contribution in [-0.2, 0) is 4.79 Å². The Labute approximate surface area is 125 Å². The zero-order valence-corrected chi connectivity index (χ0v) is 12.8. The lowest BCUT2D eigenvalue weighted by Crippen LogP contribution is -2.41. The molecule has 4 heteroatoms. The Kier molecular flexibility index (Phi) is 5.97. The van der Waals surface area contributed by atoms with Crippen LogP contribution in [0.2, 0.25) is 0 Å². The van der Waals surface area contributed by atoms with E-state index in [0.717, 1.165) is 18.4 Å². The average molecular weight is 292 g/mol. The fourth-order valence-corrected chi connectivity index (χ4v) is 2.27. The molecule has 0 aromatic carbocycles. The van der Waals surface area contributed by atoms with Gasteiger partial charge in [-0.25, -0.2) is 0 Å². The largest absolute Gasteiger partial charge is 0.508 e. The van der Waals surface area contributed by atoms with Crippen LogP contribution in [0.4, 0.5) is 0 Å². The van der Waals surface area contributed by atoms with E-state index >= 15 is 0 Å². The van der Waals surface area contributed by atoms with Gasteiger partial charge in [-0.2, -0.15) is 0 Å². The third kappa shape index (κ3) is 5.23. The van der Waals surface area contributed by atoms with Crippen LogP contribution in [-0.4, -0.2) is 26.9 Å². The Morgan fingerprint density at radius 1 is 1.33 bits per heavy atom. The van der Waals surface area contributed by atoms with Gasteiger partial charge in [-0.05, 0) is 52.2 Å². The number of aliphatic carboxylic acids is 1. The molecule has 0 aromatic heterocycles. The minimum absolute atomic E-state index is 0.106. The molecule has 0 saturated carbocycles. The highest BCUT2D eigenvalue weighted by Crippen LogP contribution is 2.31. The molecule has 0 aromatic rings. The quantitative estimate of drug-likeness (QED) is 0.655. The number of aliphatic hydroxyl groups is 2. The maximum Gasteiger partial charge on any atom is 0.313 e. The van der Waals surface area contributed by atoms with Crippen molar-refractivity contribution >= 4 is 5.97 Å². The molecule has 3 N–H and O–H groups in total. The van der Waals surface area contributed by atoms with Crippen molar-refractivity contribution in [2.24, 2.45) is 5.92 Å². The zero-order valence-electron chi connectivity index (χ0n) is 12.8. The molecule has 2 unspecified atom stereocenters. The van der Waals surface area contributed by atoms with Crippen LogP contribution in [0.3, 0.4) is 0 Å². The number of allylic oxidation sites excluding steroid dienone is 4. The molecule has 0 spiro atoms. The van der Waals surface area contributed by atoms with E-state index in [-0.39, 0.29) is 12.2 Å². The molecular formula is C17H24O4. The van der Waals surface area contributed by atoms with E-state index in [1.54, 1.807) is 0 Å². The molecule has 1 aliphatic carbocycles. The Morgan fingerprint density at radius 3 is 2.57 bits per heavy atom. The van der Waals surface area contributed by atoms with Gasteiger partial charge in [0.2, 0.25) is 0 Å². The van der Waals surface area contributed by atoms with Crippen LogP contribution in [0.25, 0.3) is 0 Å². The summed E-state index contributed by atoms with van der Waals surface area (Å²) in [5.41, 5.74) is 0.771. The van der Waals surface area contributed by atoms with Gasteiger partial charge in [0.25, 0.3) is 0 Å². The lowest BCUT2D eigenvalue weighted by Gasteiger charge is -2.30. The zero-order chi connectivity index (χ0) is 16.0. The highest BCUT2D eigenvalue weighted by molar-refractivity contribution is 5.75. The molecule has 0 saturated heterocycles. The first-order valence-electron chi connectivity index (χ1n) is 7.09. The minimum atomic E-state index is -1.58. The monoisotopic (exact) mass is 292 g/mol. The van der Waals surface area contributed by atoms with Crippen LogP contribution >= 0.6 is 0 Å². The summed E-state index contributed by atoms with van der Waals surface area (Å²) < 4.78 is 0. The molecule has 4 nitrogen and oxygen atoms in total. The fourth-order valence-electron chi connectivity index (χ4n) is 2.27. The predicted octanol–water partition coefficient (Wildman–Crippen LogP) is 3.51. The van der Waals surface area contributed by atoms with Gasteiger partial charge in [0, 0.05) is 0 Å². The first-order valence-corrected chi connectivity index (χ1v) is 7.09. The highest BCUT2D eigenvalue weighted by atomic mass is 16.4. The van der Waals surface area contributed by atoms with Crippen molar-refractivity contribution in [1.82, 2.24) is 0 Å². The summed E-state index contributed by atoms with van der Waals surface area (Å²) in [6.45, 7) is 6.04. The molecule has 116 valence electrons. The second-order valence-electron chi connectivity index (χ2n) is 5.81. The summed E-state index contributed by atoms with van der Waals surface area (Å²) in [5, 5.41) is 29.2. The first kappa shape index (κ1) is 17.2. The maximum absolute atomic E-state index is 11.2. The van der Waals surface area contributed by atoms with Gasteiger partial charge in [-0.15, -0.1) is 0 Å². The molecule has 0 aliphatic heterocycles. The van der Waals surface area contributed by atoms with Crippen LogP contribution in [0, 0.1) is 5.92 Å². The van der Waals surface area contributed by atoms with E-state index in [4.69, 9.17) is 0 Å². The molecule has 0 heterocycles. The summed E-state index contributed by atoms with van der Waals surface area (Å²) in [6.07, 6.45) is 9.78. The maximum atomic E-state index is 11.2. The van der Waals surface area contributed by atoms with Gasteiger partial charge in [0.1, 0.15) is 17.3 Å². The van der Waals surface area contributed by atoms with Crippen LogP contribution < -0.4 is 0 Å². The second kappa shape index (κ2) is 7.27. The molecular weight excluding hydrogens is 268 g/mol. The van der Waals surface area contributed by atoms with Crippen LogP contribution in [0.1, 0.15) is 40.0 Å². The van der Waals surface area contributed by atoms with Gasteiger partial charge in [-0.3, -0.25) is 4.79 Å². The topological polar surface area (TPSA) is 77.8 Å². The third-order valence-corrected chi connectivity index (χ3v) is 3.53. The molecule has 0 bridgehead atoms. The van der Waals surface area contributed by atoms with Crippen molar-refractivity contribution in [1.29, 1.82) is 0 Å². The smallest absolute Gasteiger partial charge is 0.313 e. The summed E-state index contributed by atoms with van der Waals surface area (Å²) in [7, 11) is 0. The van der Waals surface area contributed by atoms with Crippen LogP contribution in [0.15, 0.2) is 47.3 Å². The van der Waals surface area contributed by atoms with Crippen molar-refractivity contribution in [3.05, 3.63) is 47.3 Å². The van der Waals surface area contributed by atoms with Gasteiger partial charge < -0.3 is 15.3 Å². The summed E-state index contributed by atoms with van der Waals surface area (Å²) in [5.74, 6) is -2.26. The molecule has 1 rings (SSSR count). The molecule has 2 atom stereocenters. The lowest BCUT2D eigenvalue weighted by atomic mass is 9.80. The second-order valence-corrected chi connectivity index (χ2v) is 5.81. The standard InChI is InChI=1S/C17H24O4/c1-12(2)5-4-6-13(3)9-10-17(21)11-14(18)7-8-15(17)16(19)20/h5,7-9,11,15,18,21H,4,6,10H2,1-3H3,(H,19,20)/b13-9+. The summed E-state index contributed by atoms with van der Waals surface area (Å²) in [6, 6.07) is 0. The molecule has 0 radical (unpaired) electrons. The Hall–Kier alpha value is -1.81. The van der Waals surface area contributed by atoms with Gasteiger partial charge >= 0.3 is 5.97 Å². The summed E-state index contributed by atoms with van der Waals surface area (Å²) in [4.78, 5) is 11.2. The van der Waals surface area contributed by atoms with Gasteiger partial charge in [-0.1, -0.05) is 29.4 Å². The normalized spacial score (nSPS) is 25.4. The van der Waals surface area contributed by atoms with E-state index in [9.17, 15) is 20.1 Å². The Morgan fingerprint density at radius 2 is 2.00 bits per heavy atom. The van der Waals surface area contributed by atoms with Crippen LogP contribution in [0.5, 0.6) is 0 Å².